The molecule has 2 atom stereocenters. The summed E-state index contributed by atoms with van der Waals surface area (Å²) in [6.07, 6.45) is 2.76. The van der Waals surface area contributed by atoms with Crippen molar-refractivity contribution in [3.8, 4) is 0 Å². The van der Waals surface area contributed by atoms with Gasteiger partial charge in [0.1, 0.15) is 11.3 Å². The molecule has 2 fully saturated rings. The van der Waals surface area contributed by atoms with Crippen LogP contribution in [-0.4, -0.2) is 46.7 Å². The quantitative estimate of drug-likeness (QED) is 0.867. The van der Waals surface area contributed by atoms with Crippen LogP contribution in [0.15, 0.2) is 0 Å². The Kier molecular flexibility index (Phi) is 4.54. The normalized spacial score (nSPS) is 26.8. The third kappa shape index (κ3) is 3.89. The van der Waals surface area contributed by atoms with Crippen LogP contribution in [0.25, 0.3) is 0 Å². The summed E-state index contributed by atoms with van der Waals surface area (Å²) < 4.78 is 11.4. The van der Waals surface area contributed by atoms with Gasteiger partial charge in [0, 0.05) is 6.61 Å². The van der Waals surface area contributed by atoms with Crippen molar-refractivity contribution >= 4 is 6.09 Å². The van der Waals surface area contributed by atoms with E-state index in [-0.39, 0.29) is 18.7 Å². The molecule has 0 unspecified atom stereocenters. The summed E-state index contributed by atoms with van der Waals surface area (Å²) in [6, 6.07) is -0.00509. The van der Waals surface area contributed by atoms with Gasteiger partial charge in [0.25, 0.3) is 0 Å². The van der Waals surface area contributed by atoms with Crippen LogP contribution < -0.4 is 0 Å². The van der Waals surface area contributed by atoms with Gasteiger partial charge in [-0.2, -0.15) is 0 Å². The second-order valence-corrected chi connectivity index (χ2v) is 7.69. The Hall–Kier alpha value is -0.810. The molecule has 2 aliphatic rings. The summed E-state index contributed by atoms with van der Waals surface area (Å²) in [7, 11) is 0. The minimum atomic E-state index is -0.657. The fraction of sp³-hybridized carbons (Fsp3) is 0.938. The first-order valence-corrected chi connectivity index (χ1v) is 7.93. The molecule has 0 bridgehead atoms. The van der Waals surface area contributed by atoms with Crippen LogP contribution in [0.3, 0.4) is 0 Å². The van der Waals surface area contributed by atoms with Gasteiger partial charge in [0.05, 0.1) is 12.6 Å². The minimum absolute atomic E-state index is 0.00509. The van der Waals surface area contributed by atoms with Gasteiger partial charge in [0.2, 0.25) is 0 Å². The number of carbonyl (C=O) groups excluding carboxylic acids is 1. The van der Waals surface area contributed by atoms with Gasteiger partial charge in [-0.1, -0.05) is 0 Å². The smallest absolute Gasteiger partial charge is 0.412 e. The molecule has 5 heteroatoms. The number of carbonyl (C=O) groups is 1. The van der Waals surface area contributed by atoms with Gasteiger partial charge in [-0.25, -0.2) is 4.79 Å². The molecule has 1 saturated heterocycles. The van der Waals surface area contributed by atoms with Gasteiger partial charge < -0.3 is 14.6 Å². The average Bonchev–Trinajstić information content (AvgIpc) is 3.08. The van der Waals surface area contributed by atoms with Gasteiger partial charge in [0.15, 0.2) is 0 Å². The molecule has 1 amide bonds. The number of rotatable bonds is 4. The van der Waals surface area contributed by atoms with E-state index in [1.807, 2.05) is 34.6 Å². The van der Waals surface area contributed by atoms with Crippen molar-refractivity contribution in [1.82, 2.24) is 4.90 Å². The predicted molar refractivity (Wildman–Crippen MR) is 79.8 cm³/mol. The zero-order chi connectivity index (χ0) is 15.8. The van der Waals surface area contributed by atoms with Crippen molar-refractivity contribution in [2.24, 2.45) is 11.8 Å². The molecule has 1 aliphatic carbocycles. The standard InChI is InChI=1S/C16H29NO4/c1-15(2,3)21-14(19)17-13(10-20-16(17,4)5)12(8-9-18)11-6-7-11/h11-13,18H,6-10H2,1-5H3/t12-,13-/m0/s1. The summed E-state index contributed by atoms with van der Waals surface area (Å²) in [6.45, 7) is 10.1. The topological polar surface area (TPSA) is 59.0 Å². The zero-order valence-corrected chi connectivity index (χ0v) is 13.9. The molecule has 0 aromatic carbocycles. The minimum Gasteiger partial charge on any atom is -0.444 e. The Balaban J connectivity index is 2.17. The number of hydrogen-bond donors (Lipinski definition) is 1. The van der Waals surface area contributed by atoms with Crippen molar-refractivity contribution in [3.05, 3.63) is 0 Å². The molecule has 0 aromatic rings. The van der Waals surface area contributed by atoms with E-state index in [2.05, 4.69) is 0 Å². The van der Waals surface area contributed by atoms with Crippen molar-refractivity contribution in [3.63, 3.8) is 0 Å². The first kappa shape index (κ1) is 16.6. The van der Waals surface area contributed by atoms with Crippen LogP contribution in [0.1, 0.15) is 53.9 Å². The van der Waals surface area contributed by atoms with E-state index in [9.17, 15) is 9.90 Å². The molecule has 2 rings (SSSR count). The second kappa shape index (κ2) is 5.76. The molecule has 122 valence electrons. The van der Waals surface area contributed by atoms with E-state index in [0.717, 1.165) is 0 Å². The fourth-order valence-corrected chi connectivity index (χ4v) is 3.23. The van der Waals surface area contributed by atoms with E-state index in [0.29, 0.717) is 24.9 Å². The Labute approximate surface area is 127 Å². The fourth-order valence-electron chi connectivity index (χ4n) is 3.23. The first-order chi connectivity index (χ1) is 9.65. The van der Waals surface area contributed by atoms with E-state index < -0.39 is 11.3 Å². The predicted octanol–water partition coefficient (Wildman–Crippen LogP) is 2.77. The lowest BCUT2D eigenvalue weighted by atomic mass is 9.90. The summed E-state index contributed by atoms with van der Waals surface area (Å²) in [4.78, 5) is 14.3. The number of aliphatic hydroxyl groups excluding tert-OH is 1. The first-order valence-electron chi connectivity index (χ1n) is 7.93. The van der Waals surface area contributed by atoms with E-state index in [1.165, 1.54) is 12.8 Å². The van der Waals surface area contributed by atoms with Gasteiger partial charge in [-0.15, -0.1) is 0 Å². The molecule has 0 spiro atoms. The van der Waals surface area contributed by atoms with Crippen molar-refractivity contribution in [2.75, 3.05) is 13.2 Å². The number of hydrogen-bond acceptors (Lipinski definition) is 4. The molecule has 1 saturated carbocycles. The average molecular weight is 299 g/mol. The summed E-state index contributed by atoms with van der Waals surface area (Å²) >= 11 is 0. The number of amides is 1. The lowest BCUT2D eigenvalue weighted by Crippen LogP contribution is -2.52. The second-order valence-electron chi connectivity index (χ2n) is 7.69. The van der Waals surface area contributed by atoms with Crippen molar-refractivity contribution in [2.45, 2.75) is 71.2 Å². The summed E-state index contributed by atoms with van der Waals surface area (Å²) in [5.41, 5.74) is -1.18. The molecule has 21 heavy (non-hydrogen) atoms. The highest BCUT2D eigenvalue weighted by Gasteiger charge is 2.51. The maximum atomic E-state index is 12.6. The Bertz CT molecular complexity index is 384. The van der Waals surface area contributed by atoms with Crippen LogP contribution in [0.2, 0.25) is 0 Å². The van der Waals surface area contributed by atoms with E-state index in [4.69, 9.17) is 9.47 Å². The van der Waals surface area contributed by atoms with Crippen molar-refractivity contribution in [1.29, 1.82) is 0 Å². The van der Waals surface area contributed by atoms with Gasteiger partial charge >= 0.3 is 6.09 Å². The molecule has 0 radical (unpaired) electrons. The van der Waals surface area contributed by atoms with Gasteiger partial charge in [-0.3, -0.25) is 4.90 Å². The molecular formula is C16H29NO4. The maximum absolute atomic E-state index is 12.6. The monoisotopic (exact) mass is 299 g/mol. The molecule has 0 aromatic heterocycles. The Morgan fingerprint density at radius 1 is 1.43 bits per heavy atom. The van der Waals surface area contributed by atoms with Crippen LogP contribution in [0, 0.1) is 11.8 Å². The van der Waals surface area contributed by atoms with Crippen LogP contribution in [0.5, 0.6) is 0 Å². The maximum Gasteiger partial charge on any atom is 0.412 e. The molecule has 1 aliphatic heterocycles. The molecule has 5 nitrogen and oxygen atoms in total. The number of ether oxygens (including phenoxy) is 2. The number of aliphatic hydroxyl groups is 1. The third-order valence-electron chi connectivity index (χ3n) is 4.29. The zero-order valence-electron chi connectivity index (χ0n) is 13.9. The van der Waals surface area contributed by atoms with Crippen LogP contribution >= 0.6 is 0 Å². The molecular weight excluding hydrogens is 270 g/mol. The SMILES string of the molecule is CC(C)(C)OC(=O)N1[C@H]([C@@H](CCO)C2CC2)COC1(C)C. The van der Waals surface area contributed by atoms with Crippen LogP contribution in [0.4, 0.5) is 4.79 Å². The van der Waals surface area contributed by atoms with Gasteiger partial charge in [-0.05, 0) is 65.7 Å². The number of nitrogens with zero attached hydrogens (tertiary/aromatic N) is 1. The van der Waals surface area contributed by atoms with Crippen molar-refractivity contribution < 1.29 is 19.4 Å². The Morgan fingerprint density at radius 2 is 2.05 bits per heavy atom. The third-order valence-corrected chi connectivity index (χ3v) is 4.29. The molecule has 1 N–H and O–H groups in total. The highest BCUT2D eigenvalue weighted by atomic mass is 16.6. The van der Waals surface area contributed by atoms with Crippen LogP contribution in [-0.2, 0) is 9.47 Å². The Morgan fingerprint density at radius 3 is 2.52 bits per heavy atom. The highest BCUT2D eigenvalue weighted by Crippen LogP contribution is 2.45. The van der Waals surface area contributed by atoms with E-state index >= 15 is 0 Å². The summed E-state index contributed by atoms with van der Waals surface area (Å²) in [5, 5.41) is 9.34. The largest absolute Gasteiger partial charge is 0.444 e. The van der Waals surface area contributed by atoms with E-state index in [1.54, 1.807) is 4.90 Å². The lowest BCUT2D eigenvalue weighted by molar-refractivity contribution is -0.0652. The highest BCUT2D eigenvalue weighted by molar-refractivity contribution is 5.69. The summed E-state index contributed by atoms with van der Waals surface area (Å²) in [5.74, 6) is 0.897. The molecule has 1 heterocycles. The lowest BCUT2D eigenvalue weighted by Gasteiger charge is -2.37.